The van der Waals surface area contributed by atoms with Gasteiger partial charge in [0.1, 0.15) is 0 Å². The van der Waals surface area contributed by atoms with Crippen molar-refractivity contribution in [3.8, 4) is 0 Å². The highest BCUT2D eigenvalue weighted by Gasteiger charge is 2.39. The zero-order valence-electron chi connectivity index (χ0n) is 9.00. The average molecular weight is 188 g/mol. The number of ketones is 1. The lowest BCUT2D eigenvalue weighted by Gasteiger charge is -2.05. The van der Waals surface area contributed by atoms with Gasteiger partial charge in [-0.25, -0.2) is 0 Å². The molecule has 1 fully saturated rings. The van der Waals surface area contributed by atoms with Gasteiger partial charge in [0.05, 0.1) is 0 Å². The molecule has 1 aliphatic carbocycles. The first-order chi connectivity index (χ1) is 6.59. The Kier molecular flexibility index (Phi) is 2.18. The zero-order valence-corrected chi connectivity index (χ0v) is 9.00. The molecule has 0 N–H and O–H groups in total. The summed E-state index contributed by atoms with van der Waals surface area (Å²) < 4.78 is 0. The van der Waals surface area contributed by atoms with E-state index in [0.29, 0.717) is 17.6 Å². The van der Waals surface area contributed by atoms with Crippen molar-refractivity contribution in [2.24, 2.45) is 11.8 Å². The van der Waals surface area contributed by atoms with Gasteiger partial charge in [-0.05, 0) is 37.8 Å². The molecule has 0 spiro atoms. The van der Waals surface area contributed by atoms with E-state index in [2.05, 4.69) is 13.0 Å². The molecular formula is C13H16O. The minimum absolute atomic E-state index is 0.301. The largest absolute Gasteiger partial charge is 0.294 e. The summed E-state index contributed by atoms with van der Waals surface area (Å²) in [5.41, 5.74) is 3.21. The molecule has 1 aliphatic rings. The molecule has 1 aromatic carbocycles. The molecule has 1 aromatic rings. The summed E-state index contributed by atoms with van der Waals surface area (Å²) in [6.07, 6.45) is 1.08. The summed E-state index contributed by atoms with van der Waals surface area (Å²) in [5.74, 6) is 1.25. The molecule has 0 aliphatic heterocycles. The van der Waals surface area contributed by atoms with Crippen molar-refractivity contribution >= 4 is 5.78 Å². The predicted molar refractivity (Wildman–Crippen MR) is 57.5 cm³/mol. The van der Waals surface area contributed by atoms with Gasteiger partial charge in [0.25, 0.3) is 0 Å². The van der Waals surface area contributed by atoms with E-state index in [9.17, 15) is 4.79 Å². The molecule has 0 radical (unpaired) electrons. The van der Waals surface area contributed by atoms with E-state index in [4.69, 9.17) is 0 Å². The molecule has 1 nitrogen and oxygen atoms in total. The Balaban J connectivity index is 2.31. The maximum atomic E-state index is 12.0. The number of carbonyl (C=O) groups excluding carboxylic acids is 1. The first kappa shape index (κ1) is 9.45. The van der Waals surface area contributed by atoms with Crippen molar-refractivity contribution < 1.29 is 4.79 Å². The maximum Gasteiger partial charge on any atom is 0.166 e. The third-order valence-electron chi connectivity index (χ3n) is 3.10. The molecule has 1 saturated carbocycles. The molecule has 2 rings (SSSR count). The van der Waals surface area contributed by atoms with Crippen LogP contribution in [-0.2, 0) is 0 Å². The second-order valence-electron chi connectivity index (χ2n) is 4.50. The van der Waals surface area contributed by atoms with Crippen LogP contribution in [-0.4, -0.2) is 5.78 Å². The van der Waals surface area contributed by atoms with E-state index in [1.807, 2.05) is 26.0 Å². The van der Waals surface area contributed by atoms with Crippen LogP contribution in [0.2, 0.25) is 0 Å². The molecule has 0 aromatic heterocycles. The molecule has 0 saturated heterocycles. The van der Waals surface area contributed by atoms with Gasteiger partial charge in [-0.15, -0.1) is 0 Å². The van der Waals surface area contributed by atoms with E-state index < -0.39 is 0 Å². The number of hydrogen-bond acceptors (Lipinski definition) is 1. The smallest absolute Gasteiger partial charge is 0.166 e. The molecule has 0 bridgehead atoms. The molecular weight excluding hydrogens is 172 g/mol. The van der Waals surface area contributed by atoms with Crippen molar-refractivity contribution in [1.82, 2.24) is 0 Å². The summed E-state index contributed by atoms with van der Waals surface area (Å²) >= 11 is 0. The van der Waals surface area contributed by atoms with Gasteiger partial charge >= 0.3 is 0 Å². The summed E-state index contributed by atoms with van der Waals surface area (Å²) in [4.78, 5) is 12.0. The zero-order chi connectivity index (χ0) is 10.3. The number of hydrogen-bond donors (Lipinski definition) is 0. The van der Waals surface area contributed by atoms with Crippen molar-refractivity contribution in [2.75, 3.05) is 0 Å². The monoisotopic (exact) mass is 188 g/mol. The van der Waals surface area contributed by atoms with Gasteiger partial charge in [0.2, 0.25) is 0 Å². The Morgan fingerprint density at radius 3 is 2.57 bits per heavy atom. The Labute approximate surface area is 85.1 Å². The van der Waals surface area contributed by atoms with E-state index in [0.717, 1.165) is 17.5 Å². The van der Waals surface area contributed by atoms with Crippen LogP contribution >= 0.6 is 0 Å². The number of carbonyl (C=O) groups is 1. The van der Waals surface area contributed by atoms with Gasteiger partial charge in [0, 0.05) is 11.5 Å². The van der Waals surface area contributed by atoms with E-state index in [1.54, 1.807) is 0 Å². The lowest BCUT2D eigenvalue weighted by atomic mass is 9.99. The van der Waals surface area contributed by atoms with Crippen molar-refractivity contribution in [3.63, 3.8) is 0 Å². The maximum absolute atomic E-state index is 12.0. The summed E-state index contributed by atoms with van der Waals surface area (Å²) in [5, 5.41) is 0. The Morgan fingerprint density at radius 1 is 1.36 bits per heavy atom. The van der Waals surface area contributed by atoms with Crippen LogP contribution in [0.5, 0.6) is 0 Å². The topological polar surface area (TPSA) is 17.1 Å². The van der Waals surface area contributed by atoms with Gasteiger partial charge in [-0.1, -0.05) is 24.6 Å². The second-order valence-corrected chi connectivity index (χ2v) is 4.50. The number of Topliss-reactive ketones (excluding diaryl/α,β-unsaturated/α-hetero) is 1. The Bertz CT molecular complexity index is 379. The van der Waals surface area contributed by atoms with Gasteiger partial charge < -0.3 is 0 Å². The third-order valence-corrected chi connectivity index (χ3v) is 3.10. The highest BCUT2D eigenvalue weighted by atomic mass is 16.1. The molecule has 0 heterocycles. The van der Waals surface area contributed by atoms with Crippen LogP contribution in [0.4, 0.5) is 0 Å². The molecule has 2 atom stereocenters. The molecule has 1 heteroatoms. The highest BCUT2D eigenvalue weighted by molar-refractivity contribution is 6.00. The summed E-state index contributed by atoms with van der Waals surface area (Å²) in [6.45, 7) is 6.19. The lowest BCUT2D eigenvalue weighted by molar-refractivity contribution is 0.0961. The van der Waals surface area contributed by atoms with Crippen LogP contribution in [0.1, 0.15) is 34.8 Å². The van der Waals surface area contributed by atoms with Crippen molar-refractivity contribution in [3.05, 3.63) is 34.9 Å². The normalized spacial score (nSPS) is 24.8. The fourth-order valence-electron chi connectivity index (χ4n) is 1.89. The van der Waals surface area contributed by atoms with E-state index >= 15 is 0 Å². The fourth-order valence-corrected chi connectivity index (χ4v) is 1.89. The molecule has 2 unspecified atom stereocenters. The minimum Gasteiger partial charge on any atom is -0.294 e. The van der Waals surface area contributed by atoms with Gasteiger partial charge in [-0.2, -0.15) is 0 Å². The molecule has 14 heavy (non-hydrogen) atoms. The van der Waals surface area contributed by atoms with Gasteiger partial charge in [0.15, 0.2) is 5.78 Å². The third kappa shape index (κ3) is 1.59. The Hall–Kier alpha value is -1.11. The number of aryl methyl sites for hydroxylation is 2. The van der Waals surface area contributed by atoms with Crippen LogP contribution in [0.25, 0.3) is 0 Å². The van der Waals surface area contributed by atoms with Crippen molar-refractivity contribution in [2.45, 2.75) is 27.2 Å². The Morgan fingerprint density at radius 2 is 2.00 bits per heavy atom. The standard InChI is InChI=1S/C13H16O/c1-8-4-5-9(2)11(6-8)13(14)12-7-10(12)3/h4-6,10,12H,7H2,1-3H3. The first-order valence-electron chi connectivity index (χ1n) is 5.21. The van der Waals surface area contributed by atoms with Crippen LogP contribution in [0, 0.1) is 25.7 Å². The van der Waals surface area contributed by atoms with Crippen LogP contribution in [0.3, 0.4) is 0 Å². The summed E-state index contributed by atoms with van der Waals surface area (Å²) in [6, 6.07) is 6.11. The number of benzene rings is 1. The quantitative estimate of drug-likeness (QED) is 0.652. The van der Waals surface area contributed by atoms with Crippen LogP contribution < -0.4 is 0 Å². The second kappa shape index (κ2) is 3.23. The van der Waals surface area contributed by atoms with Gasteiger partial charge in [-0.3, -0.25) is 4.79 Å². The molecule has 0 amide bonds. The highest BCUT2D eigenvalue weighted by Crippen LogP contribution is 2.40. The average Bonchev–Trinajstić information content (AvgIpc) is 2.86. The molecule has 74 valence electrons. The first-order valence-corrected chi connectivity index (χ1v) is 5.21. The van der Waals surface area contributed by atoms with E-state index in [-0.39, 0.29) is 0 Å². The predicted octanol–water partition coefficient (Wildman–Crippen LogP) is 3.14. The lowest BCUT2D eigenvalue weighted by Crippen LogP contribution is -2.05. The van der Waals surface area contributed by atoms with Crippen LogP contribution in [0.15, 0.2) is 18.2 Å². The fraction of sp³-hybridized carbons (Fsp3) is 0.462. The van der Waals surface area contributed by atoms with Crippen molar-refractivity contribution in [1.29, 1.82) is 0 Å². The minimum atomic E-state index is 0.301. The number of rotatable bonds is 2. The SMILES string of the molecule is Cc1ccc(C)c(C(=O)C2CC2C)c1. The van der Waals surface area contributed by atoms with E-state index in [1.165, 1.54) is 5.56 Å². The summed E-state index contributed by atoms with van der Waals surface area (Å²) in [7, 11) is 0.